The highest BCUT2D eigenvalue weighted by atomic mass is 16.2. The first-order valence-corrected chi connectivity index (χ1v) is 6.15. The fraction of sp³-hybridized carbons (Fsp3) is 0. The van der Waals surface area contributed by atoms with Gasteiger partial charge in [-0.15, -0.1) is 0 Å². The topological polar surface area (TPSA) is 56.1 Å². The lowest BCUT2D eigenvalue weighted by atomic mass is 10.2. The standard InChI is InChI=1S/C16H11N3O/c17-9-12-4-3-7-15(8-12)19-11-14-6-2-1-5-13(14)10-18-16(19)20/h1-8,10-11H,(H,18,20). The Morgan fingerprint density at radius 3 is 2.65 bits per heavy atom. The highest BCUT2D eigenvalue weighted by molar-refractivity contribution is 6.00. The van der Waals surface area contributed by atoms with Crippen LogP contribution in [0.1, 0.15) is 5.56 Å². The van der Waals surface area contributed by atoms with E-state index in [9.17, 15) is 4.79 Å². The summed E-state index contributed by atoms with van der Waals surface area (Å²) in [6.45, 7) is 0. The van der Waals surface area contributed by atoms with E-state index in [-0.39, 0.29) is 6.03 Å². The number of anilines is 1. The number of hydrogen-bond donors (Lipinski definition) is 1. The molecule has 20 heavy (non-hydrogen) atoms. The Hall–Kier alpha value is -3.06. The van der Waals surface area contributed by atoms with Crippen molar-refractivity contribution >= 4 is 24.1 Å². The molecule has 1 N–H and O–H groups in total. The van der Waals surface area contributed by atoms with Gasteiger partial charge in [-0.1, -0.05) is 30.3 Å². The Kier molecular flexibility index (Phi) is 2.94. The van der Waals surface area contributed by atoms with Crippen LogP contribution in [0.25, 0.3) is 12.4 Å². The number of amides is 2. The van der Waals surface area contributed by atoms with Crippen molar-refractivity contribution in [3.8, 4) is 6.07 Å². The molecule has 2 amide bonds. The first-order chi connectivity index (χ1) is 9.78. The number of carbonyl (C=O) groups is 1. The molecule has 2 aromatic carbocycles. The van der Waals surface area contributed by atoms with Gasteiger partial charge in [-0.05, 0) is 28.6 Å². The largest absolute Gasteiger partial charge is 0.330 e. The third-order valence-electron chi connectivity index (χ3n) is 3.09. The van der Waals surface area contributed by atoms with Gasteiger partial charge in [-0.25, -0.2) is 4.79 Å². The smallest absolute Gasteiger partial charge is 0.313 e. The molecular formula is C16H11N3O. The van der Waals surface area contributed by atoms with Gasteiger partial charge >= 0.3 is 6.03 Å². The van der Waals surface area contributed by atoms with Crippen LogP contribution in [-0.2, 0) is 0 Å². The van der Waals surface area contributed by atoms with Gasteiger partial charge in [0.2, 0.25) is 0 Å². The molecule has 0 saturated heterocycles. The summed E-state index contributed by atoms with van der Waals surface area (Å²) >= 11 is 0. The quantitative estimate of drug-likeness (QED) is 0.840. The van der Waals surface area contributed by atoms with Gasteiger partial charge in [-0.3, -0.25) is 4.90 Å². The van der Waals surface area contributed by atoms with Crippen LogP contribution in [0.5, 0.6) is 0 Å². The molecule has 0 aliphatic carbocycles. The molecule has 0 spiro atoms. The maximum Gasteiger partial charge on any atom is 0.330 e. The van der Waals surface area contributed by atoms with Crippen molar-refractivity contribution in [2.24, 2.45) is 0 Å². The Morgan fingerprint density at radius 1 is 1.05 bits per heavy atom. The van der Waals surface area contributed by atoms with E-state index < -0.39 is 0 Å². The van der Waals surface area contributed by atoms with Gasteiger partial charge in [0.25, 0.3) is 0 Å². The molecule has 0 radical (unpaired) electrons. The van der Waals surface area contributed by atoms with E-state index in [1.54, 1.807) is 36.7 Å². The zero-order valence-corrected chi connectivity index (χ0v) is 10.6. The van der Waals surface area contributed by atoms with Crippen molar-refractivity contribution in [3.63, 3.8) is 0 Å². The summed E-state index contributed by atoms with van der Waals surface area (Å²) in [5.74, 6) is 0. The average Bonchev–Trinajstić information content (AvgIpc) is 2.67. The zero-order chi connectivity index (χ0) is 13.9. The van der Waals surface area contributed by atoms with Crippen molar-refractivity contribution in [1.29, 1.82) is 5.26 Å². The van der Waals surface area contributed by atoms with E-state index in [4.69, 9.17) is 5.26 Å². The highest BCUT2D eigenvalue weighted by Crippen LogP contribution is 2.16. The van der Waals surface area contributed by atoms with Crippen LogP contribution in [0.15, 0.2) is 48.5 Å². The van der Waals surface area contributed by atoms with Crippen LogP contribution < -0.4 is 20.7 Å². The molecule has 4 heteroatoms. The minimum absolute atomic E-state index is 0.253. The van der Waals surface area contributed by atoms with E-state index >= 15 is 0 Å². The number of rotatable bonds is 1. The molecule has 0 fully saturated rings. The third kappa shape index (κ3) is 2.13. The molecule has 0 unspecified atom stereocenters. The number of benzene rings is 2. The summed E-state index contributed by atoms with van der Waals surface area (Å²) in [6.07, 6.45) is 3.45. The number of fused-ring (bicyclic) bond motifs is 1. The van der Waals surface area contributed by atoms with Crippen molar-refractivity contribution in [2.75, 3.05) is 4.90 Å². The van der Waals surface area contributed by atoms with Crippen molar-refractivity contribution in [1.82, 2.24) is 5.32 Å². The van der Waals surface area contributed by atoms with Crippen molar-refractivity contribution in [3.05, 3.63) is 64.5 Å². The number of nitriles is 1. The first-order valence-electron chi connectivity index (χ1n) is 6.15. The second-order valence-electron chi connectivity index (χ2n) is 4.38. The Balaban J connectivity index is 2.17. The molecule has 1 aliphatic rings. The number of carbonyl (C=O) groups excluding carboxylic acids is 1. The maximum atomic E-state index is 12.2. The van der Waals surface area contributed by atoms with Gasteiger partial charge in [0.1, 0.15) is 0 Å². The summed E-state index contributed by atoms with van der Waals surface area (Å²) in [7, 11) is 0. The minimum atomic E-state index is -0.253. The van der Waals surface area contributed by atoms with E-state index in [0.29, 0.717) is 11.3 Å². The Morgan fingerprint density at radius 2 is 1.85 bits per heavy atom. The normalized spacial score (nSPS) is 13.2. The molecule has 0 saturated carbocycles. The van der Waals surface area contributed by atoms with E-state index in [2.05, 4.69) is 11.4 Å². The number of nitrogens with one attached hydrogen (secondary N) is 1. The molecule has 0 bridgehead atoms. The fourth-order valence-corrected chi connectivity index (χ4v) is 2.08. The second-order valence-corrected chi connectivity index (χ2v) is 4.38. The summed E-state index contributed by atoms with van der Waals surface area (Å²) < 4.78 is 0. The van der Waals surface area contributed by atoms with Gasteiger partial charge < -0.3 is 5.32 Å². The number of nitrogens with zero attached hydrogens (tertiary/aromatic N) is 2. The van der Waals surface area contributed by atoms with E-state index in [1.165, 1.54) is 4.90 Å². The molecule has 1 aliphatic heterocycles. The average molecular weight is 261 g/mol. The molecule has 3 rings (SSSR count). The minimum Gasteiger partial charge on any atom is -0.313 e. The molecule has 0 aromatic heterocycles. The summed E-state index contributed by atoms with van der Waals surface area (Å²) in [6, 6.07) is 16.5. The third-order valence-corrected chi connectivity index (χ3v) is 3.09. The van der Waals surface area contributed by atoms with Gasteiger partial charge in [0.15, 0.2) is 0 Å². The lowest BCUT2D eigenvalue weighted by Gasteiger charge is -2.17. The van der Waals surface area contributed by atoms with Crippen LogP contribution in [0, 0.1) is 11.3 Å². The summed E-state index contributed by atoms with van der Waals surface area (Å²) in [4.78, 5) is 13.7. The van der Waals surface area contributed by atoms with Crippen LogP contribution in [0.4, 0.5) is 10.5 Å². The fourth-order valence-electron chi connectivity index (χ4n) is 2.08. The Labute approximate surface area is 115 Å². The summed E-state index contributed by atoms with van der Waals surface area (Å²) in [5, 5.41) is 13.6. The molecule has 2 aromatic rings. The van der Waals surface area contributed by atoms with Crippen molar-refractivity contribution < 1.29 is 4.79 Å². The van der Waals surface area contributed by atoms with Gasteiger partial charge in [0, 0.05) is 12.4 Å². The molecular weight excluding hydrogens is 250 g/mol. The van der Waals surface area contributed by atoms with Crippen LogP contribution in [-0.4, -0.2) is 6.03 Å². The van der Waals surface area contributed by atoms with Crippen LogP contribution in [0.2, 0.25) is 0 Å². The van der Waals surface area contributed by atoms with E-state index in [1.807, 2.05) is 24.3 Å². The molecule has 96 valence electrons. The molecule has 1 heterocycles. The predicted octanol–water partition coefficient (Wildman–Crippen LogP) is 1.26. The van der Waals surface area contributed by atoms with Crippen LogP contribution >= 0.6 is 0 Å². The van der Waals surface area contributed by atoms with E-state index in [0.717, 1.165) is 10.4 Å². The van der Waals surface area contributed by atoms with Gasteiger partial charge in [-0.2, -0.15) is 5.26 Å². The zero-order valence-electron chi connectivity index (χ0n) is 10.6. The van der Waals surface area contributed by atoms with Crippen molar-refractivity contribution in [2.45, 2.75) is 0 Å². The highest BCUT2D eigenvalue weighted by Gasteiger charge is 2.14. The second kappa shape index (κ2) is 4.90. The lowest BCUT2D eigenvalue weighted by molar-refractivity contribution is 0.253. The Bertz CT molecular complexity index is 833. The SMILES string of the molecule is N#Cc1cccc(N2C=c3ccccc3=CNC2=O)c1. The number of hydrogen-bond acceptors (Lipinski definition) is 2. The monoisotopic (exact) mass is 261 g/mol. The molecule has 4 nitrogen and oxygen atoms in total. The predicted molar refractivity (Wildman–Crippen MR) is 76.8 cm³/mol. The van der Waals surface area contributed by atoms with Gasteiger partial charge in [0.05, 0.1) is 17.3 Å². The van der Waals surface area contributed by atoms with Crippen LogP contribution in [0.3, 0.4) is 0 Å². The lowest BCUT2D eigenvalue weighted by Crippen LogP contribution is -2.32. The molecule has 0 atom stereocenters. The first kappa shape index (κ1) is 12.0. The summed E-state index contributed by atoms with van der Waals surface area (Å²) in [5.41, 5.74) is 1.18. The number of urea groups is 1. The maximum absolute atomic E-state index is 12.2.